The Labute approximate surface area is 122 Å². The van der Waals surface area contributed by atoms with Gasteiger partial charge in [-0.05, 0) is 23.3 Å². The maximum absolute atomic E-state index is 9.45. The van der Waals surface area contributed by atoms with Crippen molar-refractivity contribution in [3.63, 3.8) is 0 Å². The van der Waals surface area contributed by atoms with E-state index in [4.69, 9.17) is 5.73 Å². The van der Waals surface area contributed by atoms with E-state index in [2.05, 4.69) is 16.0 Å². The number of pyridine rings is 2. The quantitative estimate of drug-likeness (QED) is 0.776. The van der Waals surface area contributed by atoms with Crippen LogP contribution in [0, 0.1) is 11.3 Å². The smallest absolute Gasteiger partial charge is 0.141 e. The SMILES string of the molecule is N#Cc1c(N)ncc(-c2ccccc2)c1-c1ccncc1. The second-order valence-electron chi connectivity index (χ2n) is 4.52. The molecule has 0 saturated heterocycles. The Morgan fingerprint density at radius 2 is 1.67 bits per heavy atom. The van der Waals surface area contributed by atoms with Crippen LogP contribution in [0.2, 0.25) is 0 Å². The third-order valence-corrected chi connectivity index (χ3v) is 3.27. The molecule has 0 saturated carbocycles. The van der Waals surface area contributed by atoms with E-state index in [1.807, 2.05) is 42.5 Å². The largest absolute Gasteiger partial charge is 0.383 e. The molecule has 2 N–H and O–H groups in total. The zero-order valence-electron chi connectivity index (χ0n) is 11.2. The van der Waals surface area contributed by atoms with Crippen molar-refractivity contribution in [2.24, 2.45) is 0 Å². The van der Waals surface area contributed by atoms with Gasteiger partial charge in [-0.1, -0.05) is 30.3 Å². The summed E-state index contributed by atoms with van der Waals surface area (Å²) in [5, 5.41) is 9.45. The maximum Gasteiger partial charge on any atom is 0.141 e. The molecule has 0 radical (unpaired) electrons. The van der Waals surface area contributed by atoms with E-state index >= 15 is 0 Å². The molecule has 0 spiro atoms. The van der Waals surface area contributed by atoms with Crippen molar-refractivity contribution in [2.45, 2.75) is 0 Å². The summed E-state index contributed by atoms with van der Waals surface area (Å²) in [6.45, 7) is 0. The fourth-order valence-corrected chi connectivity index (χ4v) is 2.29. The lowest BCUT2D eigenvalue weighted by Crippen LogP contribution is -1.99. The summed E-state index contributed by atoms with van der Waals surface area (Å²) in [4.78, 5) is 8.17. The fourth-order valence-electron chi connectivity index (χ4n) is 2.29. The van der Waals surface area contributed by atoms with Crippen molar-refractivity contribution in [1.29, 1.82) is 5.26 Å². The van der Waals surface area contributed by atoms with Crippen LogP contribution in [-0.2, 0) is 0 Å². The number of nitrogen functional groups attached to an aromatic ring is 1. The van der Waals surface area contributed by atoms with Gasteiger partial charge in [0.15, 0.2) is 0 Å². The molecular weight excluding hydrogens is 260 g/mol. The maximum atomic E-state index is 9.45. The average molecular weight is 272 g/mol. The molecule has 0 amide bonds. The second kappa shape index (κ2) is 5.43. The van der Waals surface area contributed by atoms with Crippen molar-refractivity contribution >= 4 is 5.82 Å². The van der Waals surface area contributed by atoms with Crippen LogP contribution in [-0.4, -0.2) is 9.97 Å². The third-order valence-electron chi connectivity index (χ3n) is 3.27. The van der Waals surface area contributed by atoms with Gasteiger partial charge in [-0.15, -0.1) is 0 Å². The van der Waals surface area contributed by atoms with Gasteiger partial charge in [0, 0.05) is 29.7 Å². The molecule has 0 aliphatic heterocycles. The second-order valence-corrected chi connectivity index (χ2v) is 4.52. The molecule has 3 aromatic rings. The average Bonchev–Trinajstić information content (AvgIpc) is 2.56. The van der Waals surface area contributed by atoms with Crippen LogP contribution in [0.15, 0.2) is 61.1 Å². The zero-order chi connectivity index (χ0) is 14.7. The predicted molar refractivity (Wildman–Crippen MR) is 82.0 cm³/mol. The lowest BCUT2D eigenvalue weighted by atomic mass is 9.93. The zero-order valence-corrected chi connectivity index (χ0v) is 11.2. The lowest BCUT2D eigenvalue weighted by molar-refractivity contribution is 1.29. The van der Waals surface area contributed by atoms with Crippen LogP contribution in [0.3, 0.4) is 0 Å². The number of nitrogens with two attached hydrogens (primary N) is 1. The standard InChI is InChI=1S/C17H12N4/c18-10-14-16(13-6-8-20-9-7-13)15(11-21-17(14)19)12-4-2-1-3-5-12/h1-9,11H,(H2,19,21). The number of benzene rings is 1. The molecule has 100 valence electrons. The van der Waals surface area contributed by atoms with Gasteiger partial charge in [-0.25, -0.2) is 4.98 Å². The Morgan fingerprint density at radius 3 is 2.33 bits per heavy atom. The molecule has 0 unspecified atom stereocenters. The highest BCUT2D eigenvalue weighted by molar-refractivity contribution is 5.89. The number of nitrogens with zero attached hydrogens (tertiary/aromatic N) is 3. The summed E-state index contributed by atoms with van der Waals surface area (Å²) in [5.74, 6) is 0.240. The molecule has 2 aromatic heterocycles. The van der Waals surface area contributed by atoms with E-state index in [9.17, 15) is 5.26 Å². The highest BCUT2D eigenvalue weighted by atomic mass is 14.8. The monoisotopic (exact) mass is 272 g/mol. The van der Waals surface area contributed by atoms with Crippen LogP contribution in [0.4, 0.5) is 5.82 Å². The topological polar surface area (TPSA) is 75.6 Å². The van der Waals surface area contributed by atoms with Crippen LogP contribution in [0.25, 0.3) is 22.3 Å². The minimum Gasteiger partial charge on any atom is -0.383 e. The summed E-state index contributed by atoms with van der Waals surface area (Å²) in [5.41, 5.74) is 9.82. The number of rotatable bonds is 2. The summed E-state index contributed by atoms with van der Waals surface area (Å²) in [6, 6.07) is 15.7. The number of hydrogen-bond donors (Lipinski definition) is 1. The molecule has 2 heterocycles. The first kappa shape index (κ1) is 12.8. The van der Waals surface area contributed by atoms with Gasteiger partial charge in [0.1, 0.15) is 17.5 Å². The molecule has 0 bridgehead atoms. The van der Waals surface area contributed by atoms with E-state index in [1.165, 1.54) is 0 Å². The van der Waals surface area contributed by atoms with Crippen LogP contribution in [0.1, 0.15) is 5.56 Å². The van der Waals surface area contributed by atoms with Crippen molar-refractivity contribution < 1.29 is 0 Å². The molecule has 3 rings (SSSR count). The lowest BCUT2D eigenvalue weighted by Gasteiger charge is -2.12. The Morgan fingerprint density at radius 1 is 0.952 bits per heavy atom. The Balaban J connectivity index is 2.35. The summed E-state index contributed by atoms with van der Waals surface area (Å²) >= 11 is 0. The molecule has 0 aliphatic carbocycles. The van der Waals surface area contributed by atoms with Gasteiger partial charge in [0.2, 0.25) is 0 Å². The summed E-state index contributed by atoms with van der Waals surface area (Å²) < 4.78 is 0. The first-order valence-corrected chi connectivity index (χ1v) is 6.45. The Kier molecular flexibility index (Phi) is 3.32. The highest BCUT2D eigenvalue weighted by Crippen LogP contribution is 2.35. The molecule has 4 heteroatoms. The fraction of sp³-hybridized carbons (Fsp3) is 0. The van der Waals surface area contributed by atoms with Gasteiger partial charge in [-0.2, -0.15) is 5.26 Å². The highest BCUT2D eigenvalue weighted by Gasteiger charge is 2.16. The molecular formula is C17H12N4. The Hall–Kier alpha value is -3.19. The number of hydrogen-bond acceptors (Lipinski definition) is 4. The minimum atomic E-state index is 0.240. The van der Waals surface area contributed by atoms with Gasteiger partial charge < -0.3 is 5.73 Å². The molecule has 0 atom stereocenters. The van der Waals surface area contributed by atoms with Crippen LogP contribution >= 0.6 is 0 Å². The predicted octanol–water partition coefficient (Wildman–Crippen LogP) is 3.26. The molecule has 0 aliphatic rings. The van der Waals surface area contributed by atoms with Gasteiger partial charge in [-0.3, -0.25) is 4.98 Å². The first-order chi connectivity index (χ1) is 10.3. The first-order valence-electron chi connectivity index (χ1n) is 6.45. The van der Waals surface area contributed by atoms with Gasteiger partial charge in [0.05, 0.1) is 0 Å². The van der Waals surface area contributed by atoms with Crippen molar-refractivity contribution in [3.05, 3.63) is 66.6 Å². The van der Waals surface area contributed by atoms with E-state index in [1.54, 1.807) is 18.6 Å². The number of nitriles is 1. The molecule has 21 heavy (non-hydrogen) atoms. The molecule has 1 aromatic carbocycles. The van der Waals surface area contributed by atoms with E-state index in [-0.39, 0.29) is 5.82 Å². The Bertz CT molecular complexity index is 805. The number of aromatic nitrogens is 2. The molecule has 0 fully saturated rings. The van der Waals surface area contributed by atoms with Crippen molar-refractivity contribution in [1.82, 2.24) is 9.97 Å². The molecule has 4 nitrogen and oxygen atoms in total. The van der Waals surface area contributed by atoms with Gasteiger partial charge >= 0.3 is 0 Å². The van der Waals surface area contributed by atoms with E-state index in [0.29, 0.717) is 5.56 Å². The van der Waals surface area contributed by atoms with E-state index in [0.717, 1.165) is 22.3 Å². The van der Waals surface area contributed by atoms with Crippen molar-refractivity contribution in [2.75, 3.05) is 5.73 Å². The van der Waals surface area contributed by atoms with Crippen LogP contribution in [0.5, 0.6) is 0 Å². The van der Waals surface area contributed by atoms with Crippen molar-refractivity contribution in [3.8, 4) is 28.3 Å². The van der Waals surface area contributed by atoms with Crippen LogP contribution < -0.4 is 5.73 Å². The summed E-state index contributed by atoms with van der Waals surface area (Å²) in [6.07, 6.45) is 5.10. The normalized spacial score (nSPS) is 10.0. The van der Waals surface area contributed by atoms with E-state index < -0.39 is 0 Å². The summed E-state index contributed by atoms with van der Waals surface area (Å²) in [7, 11) is 0. The third kappa shape index (κ3) is 2.33. The minimum absolute atomic E-state index is 0.240. The van der Waals surface area contributed by atoms with Gasteiger partial charge in [0.25, 0.3) is 0 Å². The number of anilines is 1.